The minimum absolute atomic E-state index is 0.0296. The lowest BCUT2D eigenvalue weighted by atomic mass is 9.90. The average Bonchev–Trinajstić information content (AvgIpc) is 3.46. The van der Waals surface area contributed by atoms with E-state index in [1.165, 1.54) is 0 Å². The van der Waals surface area contributed by atoms with Gasteiger partial charge in [-0.25, -0.2) is 4.79 Å². The zero-order valence-electron chi connectivity index (χ0n) is 19.2. The number of nitrogens with one attached hydrogen (secondary N) is 2. The van der Waals surface area contributed by atoms with Gasteiger partial charge in [0.2, 0.25) is 5.91 Å². The highest BCUT2D eigenvalue weighted by Gasteiger charge is 2.45. The van der Waals surface area contributed by atoms with Crippen molar-refractivity contribution in [3.8, 4) is 11.1 Å². The second kappa shape index (κ2) is 9.54. The van der Waals surface area contributed by atoms with E-state index >= 15 is 0 Å². The first kappa shape index (κ1) is 23.1. The molecule has 0 aromatic heterocycles. The molecule has 0 saturated carbocycles. The molecule has 8 nitrogen and oxygen atoms in total. The van der Waals surface area contributed by atoms with E-state index in [9.17, 15) is 19.5 Å². The van der Waals surface area contributed by atoms with Crippen molar-refractivity contribution in [3.05, 3.63) is 71.8 Å². The molecular formula is C27H28N2O6. The topological polar surface area (TPSA) is 114 Å². The van der Waals surface area contributed by atoms with E-state index in [0.29, 0.717) is 25.9 Å². The highest BCUT2D eigenvalue weighted by molar-refractivity contribution is 5.91. The van der Waals surface area contributed by atoms with Crippen LogP contribution in [-0.4, -0.2) is 54.5 Å². The van der Waals surface area contributed by atoms with Gasteiger partial charge in [0.15, 0.2) is 0 Å². The lowest BCUT2D eigenvalue weighted by Crippen LogP contribution is -2.61. The Kier molecular flexibility index (Phi) is 6.30. The quantitative estimate of drug-likeness (QED) is 0.552. The van der Waals surface area contributed by atoms with Crippen LogP contribution in [0.4, 0.5) is 4.79 Å². The Hall–Kier alpha value is -3.65. The fourth-order valence-corrected chi connectivity index (χ4v) is 5.23. The van der Waals surface area contributed by atoms with Crippen molar-refractivity contribution in [2.24, 2.45) is 5.92 Å². The van der Waals surface area contributed by atoms with Crippen LogP contribution in [0, 0.1) is 5.92 Å². The molecular weight excluding hydrogens is 448 g/mol. The first-order valence-corrected chi connectivity index (χ1v) is 11.9. The van der Waals surface area contributed by atoms with Crippen LogP contribution in [0.15, 0.2) is 60.7 Å². The van der Waals surface area contributed by atoms with Gasteiger partial charge in [-0.05, 0) is 35.1 Å². The number of amides is 2. The van der Waals surface area contributed by atoms with Gasteiger partial charge in [0.05, 0.1) is 12.5 Å². The van der Waals surface area contributed by atoms with Crippen LogP contribution in [0.5, 0.6) is 0 Å². The van der Waals surface area contributed by atoms with Crippen LogP contribution in [0.3, 0.4) is 0 Å². The molecule has 182 valence electrons. The molecule has 1 aliphatic heterocycles. The highest BCUT2D eigenvalue weighted by Crippen LogP contribution is 2.44. The number of fused-ring (bicyclic) bond motifs is 3. The monoisotopic (exact) mass is 476 g/mol. The van der Waals surface area contributed by atoms with E-state index in [1.54, 1.807) is 12.2 Å². The fourth-order valence-electron chi connectivity index (χ4n) is 5.23. The molecule has 8 heteroatoms. The lowest BCUT2D eigenvalue weighted by Gasteiger charge is -2.30. The minimum Gasteiger partial charge on any atom is -0.481 e. The number of carboxylic acid groups (broad SMARTS) is 1. The van der Waals surface area contributed by atoms with Gasteiger partial charge in [-0.15, -0.1) is 0 Å². The number of allylic oxidation sites excluding steroid dienone is 1. The van der Waals surface area contributed by atoms with Crippen molar-refractivity contribution < 1.29 is 29.0 Å². The van der Waals surface area contributed by atoms with Crippen molar-refractivity contribution in [1.82, 2.24) is 10.6 Å². The highest BCUT2D eigenvalue weighted by atomic mass is 16.6. The summed E-state index contributed by atoms with van der Waals surface area (Å²) >= 11 is 0. The number of alkyl carbamates (subject to hydrolysis) is 1. The van der Waals surface area contributed by atoms with Gasteiger partial charge in [0.1, 0.15) is 12.1 Å². The fraction of sp³-hybridized carbons (Fsp3) is 0.370. The Bertz CT molecular complexity index is 1120. The minimum atomic E-state index is -1.26. The van der Waals surface area contributed by atoms with Crippen LogP contribution in [0.25, 0.3) is 11.1 Å². The summed E-state index contributed by atoms with van der Waals surface area (Å²) in [6, 6.07) is 15.7. The Balaban J connectivity index is 1.24. The second-order valence-corrected chi connectivity index (χ2v) is 9.35. The Morgan fingerprint density at radius 2 is 1.74 bits per heavy atom. The van der Waals surface area contributed by atoms with Crippen LogP contribution < -0.4 is 10.6 Å². The molecule has 2 amide bonds. The number of aliphatic carboxylic acids is 1. The Morgan fingerprint density at radius 1 is 1.06 bits per heavy atom. The molecule has 5 rings (SSSR count). The second-order valence-electron chi connectivity index (χ2n) is 9.35. The number of hydrogen-bond donors (Lipinski definition) is 3. The van der Waals surface area contributed by atoms with Crippen LogP contribution in [0.2, 0.25) is 0 Å². The average molecular weight is 477 g/mol. The number of carbonyl (C=O) groups is 3. The maximum absolute atomic E-state index is 13.2. The SMILES string of the molecule is O=C(NC1(C(=O)NC2C=CCC(C(=O)O)C2)CCOC1)OCC1c2ccccc2-c2ccccc21. The molecule has 3 N–H and O–H groups in total. The molecule has 2 aliphatic carbocycles. The van der Waals surface area contributed by atoms with E-state index in [2.05, 4.69) is 22.8 Å². The summed E-state index contributed by atoms with van der Waals surface area (Å²) in [4.78, 5) is 37.4. The molecule has 35 heavy (non-hydrogen) atoms. The van der Waals surface area contributed by atoms with E-state index < -0.39 is 35.5 Å². The van der Waals surface area contributed by atoms with Crippen LogP contribution >= 0.6 is 0 Å². The molecule has 3 aliphatic rings. The van der Waals surface area contributed by atoms with Crippen molar-refractivity contribution in [3.63, 3.8) is 0 Å². The van der Waals surface area contributed by atoms with Gasteiger partial charge in [0, 0.05) is 25.0 Å². The molecule has 0 radical (unpaired) electrons. The van der Waals surface area contributed by atoms with Crippen LogP contribution in [-0.2, 0) is 19.1 Å². The number of carbonyl (C=O) groups excluding carboxylic acids is 2. The third-order valence-electron chi connectivity index (χ3n) is 7.13. The molecule has 1 heterocycles. The zero-order chi connectivity index (χ0) is 24.4. The molecule has 3 atom stereocenters. The first-order valence-electron chi connectivity index (χ1n) is 11.9. The predicted octanol–water partition coefficient (Wildman–Crippen LogP) is 3.22. The predicted molar refractivity (Wildman–Crippen MR) is 128 cm³/mol. The van der Waals surface area contributed by atoms with Gasteiger partial charge in [-0.3, -0.25) is 9.59 Å². The van der Waals surface area contributed by atoms with E-state index in [0.717, 1.165) is 22.3 Å². The molecule has 2 aromatic rings. The van der Waals surface area contributed by atoms with Gasteiger partial charge >= 0.3 is 12.1 Å². The lowest BCUT2D eigenvalue weighted by molar-refractivity contribution is -0.142. The van der Waals surface area contributed by atoms with Crippen molar-refractivity contribution in [1.29, 1.82) is 0 Å². The molecule has 0 spiro atoms. The number of carboxylic acids is 1. The maximum Gasteiger partial charge on any atom is 0.408 e. The molecule has 1 fully saturated rings. The summed E-state index contributed by atoms with van der Waals surface area (Å²) in [5.74, 6) is -1.91. The van der Waals surface area contributed by atoms with Gasteiger partial charge in [-0.2, -0.15) is 0 Å². The zero-order valence-corrected chi connectivity index (χ0v) is 19.2. The number of benzene rings is 2. The summed E-state index contributed by atoms with van der Waals surface area (Å²) in [5.41, 5.74) is 3.23. The third kappa shape index (κ3) is 4.53. The smallest absolute Gasteiger partial charge is 0.408 e. The molecule has 1 saturated heterocycles. The molecule has 0 bridgehead atoms. The van der Waals surface area contributed by atoms with Crippen molar-refractivity contribution in [2.45, 2.75) is 36.8 Å². The number of ether oxygens (including phenoxy) is 2. The van der Waals surface area contributed by atoms with Gasteiger partial charge < -0.3 is 25.2 Å². The Morgan fingerprint density at radius 3 is 2.37 bits per heavy atom. The third-order valence-corrected chi connectivity index (χ3v) is 7.13. The Labute approximate surface area is 203 Å². The van der Waals surface area contributed by atoms with Crippen LogP contribution in [0.1, 0.15) is 36.3 Å². The van der Waals surface area contributed by atoms with Crippen molar-refractivity contribution in [2.75, 3.05) is 19.8 Å². The summed E-state index contributed by atoms with van der Waals surface area (Å²) in [5, 5.41) is 14.9. The van der Waals surface area contributed by atoms with Crippen molar-refractivity contribution >= 4 is 18.0 Å². The van der Waals surface area contributed by atoms with E-state index in [-0.39, 0.29) is 19.1 Å². The maximum atomic E-state index is 13.2. The largest absolute Gasteiger partial charge is 0.481 e. The normalized spacial score (nSPS) is 24.9. The van der Waals surface area contributed by atoms with E-state index in [1.807, 2.05) is 36.4 Å². The van der Waals surface area contributed by atoms with Gasteiger partial charge in [0.25, 0.3) is 0 Å². The summed E-state index contributed by atoms with van der Waals surface area (Å²) in [6.45, 7) is 0.501. The standard InChI is InChI=1S/C27H28N2O6/c30-24(31)17-6-5-7-18(14-17)28-25(32)27(12-13-34-16-27)29-26(33)35-15-23-21-10-3-1-8-19(21)20-9-2-4-11-22(20)23/h1-5,7-11,17-18,23H,6,12-16H2,(H,28,32)(H,29,33)(H,30,31). The summed E-state index contributed by atoms with van der Waals surface area (Å²) in [7, 11) is 0. The van der Waals surface area contributed by atoms with Gasteiger partial charge in [-0.1, -0.05) is 60.7 Å². The molecule has 3 unspecified atom stereocenters. The van der Waals surface area contributed by atoms with E-state index in [4.69, 9.17) is 9.47 Å². The summed E-state index contributed by atoms with van der Waals surface area (Å²) in [6.07, 6.45) is 3.93. The number of rotatable bonds is 6. The first-order chi connectivity index (χ1) is 17.0. The molecule has 2 aromatic carbocycles. The number of hydrogen-bond acceptors (Lipinski definition) is 5. The summed E-state index contributed by atoms with van der Waals surface area (Å²) < 4.78 is 11.1.